The van der Waals surface area contributed by atoms with Gasteiger partial charge in [-0.2, -0.15) is 0 Å². The summed E-state index contributed by atoms with van der Waals surface area (Å²) < 4.78 is 6.00. The Morgan fingerprint density at radius 3 is 2.48 bits per heavy atom. The van der Waals surface area contributed by atoms with E-state index in [1.807, 2.05) is 24.4 Å². The van der Waals surface area contributed by atoms with Gasteiger partial charge < -0.3 is 24.9 Å². The highest BCUT2D eigenvalue weighted by atomic mass is 16.5. The number of fused-ring (bicyclic) bond motifs is 1. The summed E-state index contributed by atoms with van der Waals surface area (Å²) >= 11 is 0. The highest BCUT2D eigenvalue weighted by molar-refractivity contribution is 5.81. The molecular weight excluding hydrogens is 370 g/mol. The molecule has 1 aliphatic carbocycles. The molecule has 1 aromatic heterocycles. The number of benzene rings is 2. The first-order valence-electron chi connectivity index (χ1n) is 9.74. The molecule has 2 aromatic carbocycles. The maximum absolute atomic E-state index is 10.1. The molecule has 0 unspecified atom stereocenters. The number of aliphatic carboxylic acids is 1. The zero-order valence-electron chi connectivity index (χ0n) is 16.0. The maximum atomic E-state index is 10.1. The number of aliphatic hydroxyl groups is 2. The molecule has 3 N–H and O–H groups in total. The number of ether oxygens (including phenoxy) is 1. The van der Waals surface area contributed by atoms with E-state index < -0.39 is 12.1 Å². The average Bonchev–Trinajstić information content (AvgIpc) is 2.76. The molecule has 0 bridgehead atoms. The third-order valence-corrected chi connectivity index (χ3v) is 4.94. The number of hydrogen-bond donors (Lipinski definition) is 2. The lowest BCUT2D eigenvalue weighted by Crippen LogP contribution is -2.34. The summed E-state index contributed by atoms with van der Waals surface area (Å²) in [7, 11) is 0. The van der Waals surface area contributed by atoms with E-state index in [2.05, 4.69) is 17.1 Å². The Balaban J connectivity index is 0.000000188. The van der Waals surface area contributed by atoms with Crippen LogP contribution in [0.2, 0.25) is 0 Å². The number of carbonyl (C=O) groups is 1. The van der Waals surface area contributed by atoms with Crippen molar-refractivity contribution in [2.45, 2.75) is 44.0 Å². The Kier molecular flexibility index (Phi) is 7.16. The van der Waals surface area contributed by atoms with Crippen LogP contribution in [0.5, 0.6) is 5.75 Å². The normalized spacial score (nSPS) is 19.7. The van der Waals surface area contributed by atoms with E-state index in [1.54, 1.807) is 18.2 Å². The van der Waals surface area contributed by atoms with Crippen molar-refractivity contribution in [3.8, 4) is 5.75 Å². The van der Waals surface area contributed by atoms with Gasteiger partial charge in [-0.15, -0.1) is 0 Å². The first-order valence-corrected chi connectivity index (χ1v) is 9.74. The number of aromatic amines is 1. The molecule has 6 heteroatoms. The number of aliphatic hydroxyl groups excluding tert-OH is 2. The third kappa shape index (κ3) is 5.53. The highest BCUT2D eigenvalue weighted by Crippen LogP contribution is 2.27. The number of H-pyrrole nitrogens is 1. The van der Waals surface area contributed by atoms with Crippen molar-refractivity contribution in [2.75, 3.05) is 0 Å². The number of carboxylic acid groups (broad SMARTS) is 1. The van der Waals surface area contributed by atoms with Gasteiger partial charge in [0.1, 0.15) is 12.2 Å². The van der Waals surface area contributed by atoms with Crippen molar-refractivity contribution in [3.63, 3.8) is 0 Å². The summed E-state index contributed by atoms with van der Waals surface area (Å²) in [5, 5.41) is 30.2. The van der Waals surface area contributed by atoms with Gasteiger partial charge in [-0.05, 0) is 43.0 Å². The van der Waals surface area contributed by atoms with Crippen molar-refractivity contribution >= 4 is 16.9 Å². The number of hydrogen-bond acceptors (Lipinski definition) is 5. The molecule has 1 saturated carbocycles. The number of nitrogens with one attached hydrogen (secondary N) is 1. The van der Waals surface area contributed by atoms with E-state index in [0.717, 1.165) is 42.3 Å². The van der Waals surface area contributed by atoms with Gasteiger partial charge in [-0.3, -0.25) is 0 Å². The number of pyridine rings is 1. The Morgan fingerprint density at radius 1 is 1.03 bits per heavy atom. The van der Waals surface area contributed by atoms with E-state index in [-0.39, 0.29) is 12.2 Å². The lowest BCUT2D eigenvalue weighted by atomic mass is 9.95. The average molecular weight is 395 g/mol. The summed E-state index contributed by atoms with van der Waals surface area (Å²) in [6.07, 6.45) is 3.99. The van der Waals surface area contributed by atoms with Crippen molar-refractivity contribution in [2.24, 2.45) is 0 Å². The van der Waals surface area contributed by atoms with E-state index in [9.17, 15) is 15.0 Å². The molecule has 3 atom stereocenters. The molecule has 0 radical (unpaired) electrons. The summed E-state index contributed by atoms with van der Waals surface area (Å²) in [4.78, 5) is 13.4. The van der Waals surface area contributed by atoms with Crippen molar-refractivity contribution in [1.29, 1.82) is 0 Å². The van der Waals surface area contributed by atoms with Crippen molar-refractivity contribution in [3.05, 3.63) is 72.4 Å². The molecule has 0 aliphatic heterocycles. The number of carboxylic acids is 1. The maximum Gasteiger partial charge on any atom is 0.253 e. The van der Waals surface area contributed by atoms with E-state index in [4.69, 9.17) is 9.84 Å². The number of carbonyl (C=O) groups excluding carboxylic acids is 1. The molecule has 152 valence electrons. The van der Waals surface area contributed by atoms with Crippen LogP contribution < -0.4 is 14.8 Å². The molecule has 0 spiro atoms. The smallest absolute Gasteiger partial charge is 0.253 e. The van der Waals surface area contributed by atoms with Crippen LogP contribution in [0.3, 0.4) is 0 Å². The minimum absolute atomic E-state index is 0.0713. The monoisotopic (exact) mass is 395 g/mol. The van der Waals surface area contributed by atoms with Crippen LogP contribution in [0.15, 0.2) is 66.9 Å². The number of aromatic nitrogens is 1. The molecule has 0 amide bonds. The van der Waals surface area contributed by atoms with Crippen molar-refractivity contribution < 1.29 is 29.8 Å². The van der Waals surface area contributed by atoms with Crippen LogP contribution in [0.25, 0.3) is 10.9 Å². The number of para-hydroxylation sites is 1. The summed E-state index contributed by atoms with van der Waals surface area (Å²) in [5.74, 6) is -0.643. The molecule has 4 rings (SSSR count). The molecule has 1 heterocycles. The van der Waals surface area contributed by atoms with Crippen molar-refractivity contribution in [1.82, 2.24) is 0 Å². The predicted molar refractivity (Wildman–Crippen MR) is 106 cm³/mol. The van der Waals surface area contributed by atoms with Gasteiger partial charge in [0.15, 0.2) is 11.9 Å². The molecule has 1 fully saturated rings. The molecular formula is C23H25NO5. The first kappa shape index (κ1) is 20.8. The molecule has 0 saturated heterocycles. The SMILES string of the molecule is O=C([O-])[C@H](O)c1ccccc1.O[C@@H]1CCCC[C@H]1Oc1cccc2ccc[nH+]c12. The predicted octanol–water partition coefficient (Wildman–Crippen LogP) is 1.81. The second kappa shape index (κ2) is 10.0. The fourth-order valence-corrected chi connectivity index (χ4v) is 3.37. The zero-order chi connectivity index (χ0) is 20.6. The van der Waals surface area contributed by atoms with E-state index in [1.165, 1.54) is 12.1 Å². The van der Waals surface area contributed by atoms with Gasteiger partial charge in [0.2, 0.25) is 0 Å². The van der Waals surface area contributed by atoms with Gasteiger partial charge in [-0.25, -0.2) is 4.98 Å². The van der Waals surface area contributed by atoms with E-state index in [0.29, 0.717) is 5.56 Å². The fraction of sp³-hybridized carbons (Fsp3) is 0.304. The largest absolute Gasteiger partial charge is 0.547 e. The van der Waals surface area contributed by atoms with Crippen LogP contribution in [0.1, 0.15) is 37.4 Å². The Bertz CT molecular complexity index is 925. The standard InChI is InChI=1S/C15H17NO2.C8H8O3/c17-12-7-1-2-8-13(12)18-14-9-3-5-11-6-4-10-16-15(11)14;9-7(8(10)11)6-4-2-1-3-5-6/h3-6,9-10,12-13,17H,1-2,7-8H2;1-5,7,9H,(H,10,11)/t12-,13-;7-/m11/s1. The lowest BCUT2D eigenvalue weighted by Gasteiger charge is -2.27. The Morgan fingerprint density at radius 2 is 1.76 bits per heavy atom. The van der Waals surface area contributed by atoms with E-state index >= 15 is 0 Å². The van der Waals surface area contributed by atoms with Crippen LogP contribution in [0.4, 0.5) is 0 Å². The second-order valence-corrected chi connectivity index (χ2v) is 7.03. The molecule has 6 nitrogen and oxygen atoms in total. The van der Waals surface area contributed by atoms with Crippen LogP contribution >= 0.6 is 0 Å². The lowest BCUT2D eigenvalue weighted by molar-refractivity contribution is -0.345. The van der Waals surface area contributed by atoms with Gasteiger partial charge in [0.25, 0.3) is 5.52 Å². The quantitative estimate of drug-likeness (QED) is 0.701. The molecule has 29 heavy (non-hydrogen) atoms. The third-order valence-electron chi connectivity index (χ3n) is 4.94. The summed E-state index contributed by atoms with van der Waals surface area (Å²) in [6, 6.07) is 18.1. The number of rotatable bonds is 4. The zero-order valence-corrected chi connectivity index (χ0v) is 16.0. The van der Waals surface area contributed by atoms with Crippen LogP contribution in [-0.4, -0.2) is 28.4 Å². The second-order valence-electron chi connectivity index (χ2n) is 7.03. The highest BCUT2D eigenvalue weighted by Gasteiger charge is 2.26. The van der Waals surface area contributed by atoms with Gasteiger partial charge in [-0.1, -0.05) is 42.8 Å². The minimum atomic E-state index is -1.52. The van der Waals surface area contributed by atoms with Gasteiger partial charge >= 0.3 is 0 Å². The fourth-order valence-electron chi connectivity index (χ4n) is 3.37. The van der Waals surface area contributed by atoms with Gasteiger partial charge in [0, 0.05) is 6.07 Å². The first-order chi connectivity index (χ1) is 14.1. The summed E-state index contributed by atoms with van der Waals surface area (Å²) in [6.45, 7) is 0. The Labute approximate surface area is 169 Å². The minimum Gasteiger partial charge on any atom is -0.547 e. The topological polar surface area (TPSA) is 104 Å². The van der Waals surface area contributed by atoms with Crippen LogP contribution in [-0.2, 0) is 4.79 Å². The van der Waals surface area contributed by atoms with Gasteiger partial charge in [0.05, 0.1) is 17.5 Å². The molecule has 3 aromatic rings. The van der Waals surface area contributed by atoms with Crippen LogP contribution in [0, 0.1) is 0 Å². The Hall–Kier alpha value is -2.96. The molecule has 1 aliphatic rings. The summed E-state index contributed by atoms with van der Waals surface area (Å²) in [5.41, 5.74) is 1.34.